The number of carbonyl (C=O) groups excluding carboxylic acids is 1. The summed E-state index contributed by atoms with van der Waals surface area (Å²) in [6.45, 7) is 13.0. The van der Waals surface area contributed by atoms with Crippen LogP contribution in [0.1, 0.15) is 118 Å². The molecule has 6 rings (SSSR count). The van der Waals surface area contributed by atoms with E-state index in [4.69, 9.17) is 14.2 Å². The van der Waals surface area contributed by atoms with Gasteiger partial charge in [0.05, 0.1) is 12.7 Å². The Labute approximate surface area is 225 Å². The maximum absolute atomic E-state index is 12.4. The van der Waals surface area contributed by atoms with Crippen molar-refractivity contribution in [2.75, 3.05) is 6.61 Å². The molecule has 0 aromatic carbocycles. The molecule has 0 radical (unpaired) electrons. The van der Waals surface area contributed by atoms with Crippen LogP contribution in [0.15, 0.2) is 11.6 Å². The van der Waals surface area contributed by atoms with Gasteiger partial charge in [-0.2, -0.15) is 0 Å². The zero-order valence-electron chi connectivity index (χ0n) is 24.2. The van der Waals surface area contributed by atoms with Crippen LogP contribution in [-0.2, 0) is 19.0 Å². The van der Waals surface area contributed by atoms with Crippen LogP contribution in [0.25, 0.3) is 0 Å². The largest absolute Gasteiger partial charge is 0.462 e. The van der Waals surface area contributed by atoms with E-state index in [0.29, 0.717) is 35.7 Å². The highest BCUT2D eigenvalue weighted by Crippen LogP contribution is 2.70. The molecule has 5 fully saturated rings. The molecule has 208 valence electrons. The topological polar surface area (TPSA) is 44.8 Å². The van der Waals surface area contributed by atoms with Crippen LogP contribution in [0.5, 0.6) is 0 Å². The second-order valence-corrected chi connectivity index (χ2v) is 14.6. The summed E-state index contributed by atoms with van der Waals surface area (Å²) in [4.78, 5) is 12.4. The number of carbonyl (C=O) groups is 1. The lowest BCUT2D eigenvalue weighted by Gasteiger charge is -2.58. The summed E-state index contributed by atoms with van der Waals surface area (Å²) in [5.41, 5.74) is 2.25. The molecule has 1 spiro atoms. The predicted molar refractivity (Wildman–Crippen MR) is 146 cm³/mol. The number of rotatable bonds is 5. The van der Waals surface area contributed by atoms with Crippen molar-refractivity contribution in [3.05, 3.63) is 11.6 Å². The smallest absolute Gasteiger partial charge is 0.306 e. The van der Waals surface area contributed by atoms with Gasteiger partial charge < -0.3 is 14.2 Å². The maximum atomic E-state index is 12.4. The number of fused-ring (bicyclic) bond motifs is 7. The van der Waals surface area contributed by atoms with E-state index in [0.717, 1.165) is 62.9 Å². The van der Waals surface area contributed by atoms with E-state index in [-0.39, 0.29) is 23.3 Å². The fourth-order valence-corrected chi connectivity index (χ4v) is 10.5. The first-order chi connectivity index (χ1) is 17.7. The Morgan fingerprint density at radius 1 is 1.08 bits per heavy atom. The SMILES string of the molecule is CCCCCC(=O)O[C@H]1CC[C@@]2(C)C(=CCC3C4CC5OC6(CC[C@@H](C)CO6)[C@@H](C)C5[C@@]4(C)CCC32)C1. The summed E-state index contributed by atoms with van der Waals surface area (Å²) in [5, 5.41) is 0. The predicted octanol–water partition coefficient (Wildman–Crippen LogP) is 7.85. The number of esters is 1. The Bertz CT molecular complexity index is 902. The van der Waals surface area contributed by atoms with Gasteiger partial charge in [0.15, 0.2) is 5.79 Å². The Hall–Kier alpha value is -0.870. The number of hydrogen-bond donors (Lipinski definition) is 0. The summed E-state index contributed by atoms with van der Waals surface area (Å²) in [6, 6.07) is 0. The molecule has 4 aliphatic carbocycles. The minimum atomic E-state index is -0.315. The van der Waals surface area contributed by atoms with Crippen LogP contribution in [0, 0.1) is 46.3 Å². The standard InChI is InChI=1S/C33H52O4/c1-6-7-8-9-29(34)36-24-13-15-31(4)23(18-24)10-11-25-26(31)14-16-32(5)27(25)19-28-30(32)22(3)33(37-28)17-12-21(2)20-35-33/h10,21-22,24-28,30H,6-9,11-20H2,1-5H3/t21-,22+,24+,25?,26?,27?,28?,30?,31+,32+,33?/m1/s1. The zero-order valence-corrected chi connectivity index (χ0v) is 24.2. The van der Waals surface area contributed by atoms with E-state index < -0.39 is 0 Å². The molecule has 0 amide bonds. The highest BCUT2D eigenvalue weighted by Gasteiger charge is 2.68. The Kier molecular flexibility index (Phi) is 6.87. The molecule has 37 heavy (non-hydrogen) atoms. The van der Waals surface area contributed by atoms with Gasteiger partial charge in [0.25, 0.3) is 0 Å². The molecule has 3 saturated carbocycles. The second-order valence-electron chi connectivity index (χ2n) is 14.6. The Balaban J connectivity index is 1.15. The fourth-order valence-electron chi connectivity index (χ4n) is 10.5. The monoisotopic (exact) mass is 512 g/mol. The van der Waals surface area contributed by atoms with Gasteiger partial charge in [-0.25, -0.2) is 0 Å². The molecule has 6 unspecified atom stereocenters. The Morgan fingerprint density at radius 2 is 1.92 bits per heavy atom. The van der Waals surface area contributed by atoms with E-state index in [9.17, 15) is 4.79 Å². The highest BCUT2D eigenvalue weighted by atomic mass is 16.7. The third-order valence-electron chi connectivity index (χ3n) is 12.6. The van der Waals surface area contributed by atoms with Gasteiger partial charge in [-0.3, -0.25) is 4.79 Å². The van der Waals surface area contributed by atoms with Crippen molar-refractivity contribution in [2.24, 2.45) is 46.3 Å². The first-order valence-corrected chi connectivity index (χ1v) is 15.9. The molecule has 11 atom stereocenters. The first-order valence-electron chi connectivity index (χ1n) is 15.9. The zero-order chi connectivity index (χ0) is 26.0. The van der Waals surface area contributed by atoms with Crippen molar-refractivity contribution in [2.45, 2.75) is 136 Å². The fraction of sp³-hybridized carbons (Fsp3) is 0.909. The van der Waals surface area contributed by atoms with Gasteiger partial charge in [0.2, 0.25) is 0 Å². The second kappa shape index (κ2) is 9.65. The molecule has 2 heterocycles. The molecule has 0 aromatic rings. The van der Waals surface area contributed by atoms with E-state index in [1.165, 1.54) is 38.5 Å². The van der Waals surface area contributed by atoms with Crippen molar-refractivity contribution < 1.29 is 19.0 Å². The summed E-state index contributed by atoms with van der Waals surface area (Å²) in [6.07, 6.45) is 17.4. The van der Waals surface area contributed by atoms with E-state index in [1.54, 1.807) is 5.57 Å². The van der Waals surface area contributed by atoms with Gasteiger partial charge in [-0.1, -0.05) is 59.1 Å². The van der Waals surface area contributed by atoms with Crippen LogP contribution in [0.2, 0.25) is 0 Å². The minimum Gasteiger partial charge on any atom is -0.462 e. The summed E-state index contributed by atoms with van der Waals surface area (Å²) >= 11 is 0. The lowest BCUT2D eigenvalue weighted by Crippen LogP contribution is -2.52. The molecule has 4 heteroatoms. The molecule has 0 bridgehead atoms. The minimum absolute atomic E-state index is 0.0190. The number of allylic oxidation sites excluding steroid dienone is 1. The van der Waals surface area contributed by atoms with Gasteiger partial charge in [-0.15, -0.1) is 0 Å². The summed E-state index contributed by atoms with van der Waals surface area (Å²) in [7, 11) is 0. The van der Waals surface area contributed by atoms with E-state index >= 15 is 0 Å². The van der Waals surface area contributed by atoms with E-state index in [2.05, 4.69) is 40.7 Å². The number of unbranched alkanes of at least 4 members (excludes halogenated alkanes) is 2. The van der Waals surface area contributed by atoms with Crippen LogP contribution >= 0.6 is 0 Å². The third kappa shape index (κ3) is 4.17. The molecule has 4 nitrogen and oxygen atoms in total. The molecule has 2 saturated heterocycles. The van der Waals surface area contributed by atoms with Gasteiger partial charge in [0.1, 0.15) is 6.10 Å². The van der Waals surface area contributed by atoms with Gasteiger partial charge in [0, 0.05) is 25.2 Å². The maximum Gasteiger partial charge on any atom is 0.306 e. The molecular weight excluding hydrogens is 460 g/mol. The van der Waals surface area contributed by atoms with Crippen molar-refractivity contribution in [1.82, 2.24) is 0 Å². The first kappa shape index (κ1) is 26.4. The molecule has 2 aliphatic heterocycles. The normalized spacial score (nSPS) is 50.6. The summed E-state index contributed by atoms with van der Waals surface area (Å²) < 4.78 is 19.4. The van der Waals surface area contributed by atoms with Crippen molar-refractivity contribution >= 4 is 5.97 Å². The average Bonchev–Trinajstić information content (AvgIpc) is 3.31. The Morgan fingerprint density at radius 3 is 2.68 bits per heavy atom. The number of hydrogen-bond acceptors (Lipinski definition) is 4. The quantitative estimate of drug-likeness (QED) is 0.214. The number of ether oxygens (including phenoxy) is 3. The van der Waals surface area contributed by atoms with Crippen molar-refractivity contribution in [3.63, 3.8) is 0 Å². The lowest BCUT2D eigenvalue weighted by molar-refractivity contribution is -0.272. The molecule has 0 N–H and O–H groups in total. The van der Waals surface area contributed by atoms with Gasteiger partial charge >= 0.3 is 5.97 Å². The van der Waals surface area contributed by atoms with Crippen LogP contribution < -0.4 is 0 Å². The van der Waals surface area contributed by atoms with E-state index in [1.807, 2.05) is 0 Å². The van der Waals surface area contributed by atoms with Crippen LogP contribution in [0.3, 0.4) is 0 Å². The molecule has 6 aliphatic rings. The average molecular weight is 513 g/mol. The van der Waals surface area contributed by atoms with Crippen molar-refractivity contribution in [3.8, 4) is 0 Å². The highest BCUT2D eigenvalue weighted by molar-refractivity contribution is 5.69. The molecule has 0 aromatic heterocycles. The third-order valence-corrected chi connectivity index (χ3v) is 12.6. The van der Waals surface area contributed by atoms with Gasteiger partial charge in [-0.05, 0) is 91.8 Å². The lowest BCUT2D eigenvalue weighted by atomic mass is 9.47. The van der Waals surface area contributed by atoms with Crippen LogP contribution in [0.4, 0.5) is 0 Å². The van der Waals surface area contributed by atoms with Crippen molar-refractivity contribution in [1.29, 1.82) is 0 Å². The van der Waals surface area contributed by atoms with Crippen LogP contribution in [-0.4, -0.2) is 30.6 Å². The molecular formula is C33H52O4. The summed E-state index contributed by atoms with van der Waals surface area (Å²) in [5.74, 6) is 3.77.